The van der Waals surface area contributed by atoms with Crippen LogP contribution in [0.4, 0.5) is 0 Å². The Morgan fingerprint density at radius 1 is 1.16 bits per heavy atom. The molecule has 0 aliphatic rings. The highest BCUT2D eigenvalue weighted by Crippen LogP contribution is 2.26. The zero-order valence-electron chi connectivity index (χ0n) is 13.5. The molecule has 0 bridgehead atoms. The number of esters is 1. The van der Waals surface area contributed by atoms with Crippen molar-refractivity contribution in [1.82, 2.24) is 4.68 Å². The lowest BCUT2D eigenvalue weighted by atomic mass is 10.1. The maximum Gasteiger partial charge on any atom is 0.347 e. The Labute approximate surface area is 143 Å². The summed E-state index contributed by atoms with van der Waals surface area (Å²) in [6.07, 6.45) is 1.51. The molecular weight excluding hydrogens is 320 g/mol. The summed E-state index contributed by atoms with van der Waals surface area (Å²) < 4.78 is 5.98. The van der Waals surface area contributed by atoms with Crippen LogP contribution in [0.15, 0.2) is 64.5 Å². The van der Waals surface area contributed by atoms with Crippen molar-refractivity contribution < 1.29 is 14.6 Å². The van der Waals surface area contributed by atoms with Gasteiger partial charge in [0.1, 0.15) is 5.75 Å². The summed E-state index contributed by atoms with van der Waals surface area (Å²) >= 11 is 0. The van der Waals surface area contributed by atoms with Gasteiger partial charge in [0.25, 0.3) is 5.56 Å². The molecule has 1 N–H and O–H groups in total. The largest absolute Gasteiger partial charge is 0.506 e. The van der Waals surface area contributed by atoms with Crippen LogP contribution in [0.25, 0.3) is 10.9 Å². The van der Waals surface area contributed by atoms with E-state index in [1.165, 1.54) is 6.21 Å². The Bertz CT molecular complexity index is 1010. The fourth-order valence-corrected chi connectivity index (χ4v) is 2.48. The Morgan fingerprint density at radius 2 is 1.84 bits per heavy atom. The molecule has 3 rings (SSSR count). The molecule has 6 nitrogen and oxygen atoms in total. The molecular formula is C19H16N2O4. The van der Waals surface area contributed by atoms with Gasteiger partial charge in [-0.3, -0.25) is 4.79 Å². The predicted molar refractivity (Wildman–Crippen MR) is 95.3 cm³/mol. The quantitative estimate of drug-likeness (QED) is 0.587. The van der Waals surface area contributed by atoms with Gasteiger partial charge in [-0.15, -0.1) is 0 Å². The first-order chi connectivity index (χ1) is 12.1. The number of ether oxygens (including phenoxy) is 1. The minimum atomic E-state index is -0.876. The topological polar surface area (TPSA) is 80.9 Å². The second kappa shape index (κ2) is 7.00. The van der Waals surface area contributed by atoms with E-state index in [1.54, 1.807) is 31.2 Å². The average Bonchev–Trinajstić information content (AvgIpc) is 2.63. The SMILES string of the molecule is CCOC(=O)c1c(O)c2ccccc2n(/N=C/c2ccccc2)c1=O. The maximum absolute atomic E-state index is 12.7. The smallest absolute Gasteiger partial charge is 0.347 e. The number of hydrogen-bond acceptors (Lipinski definition) is 5. The van der Waals surface area contributed by atoms with Gasteiger partial charge in [-0.05, 0) is 24.6 Å². The summed E-state index contributed by atoms with van der Waals surface area (Å²) in [7, 11) is 0. The first-order valence-electron chi connectivity index (χ1n) is 7.76. The number of pyridine rings is 1. The lowest BCUT2D eigenvalue weighted by Gasteiger charge is -2.10. The van der Waals surface area contributed by atoms with Crippen molar-refractivity contribution in [3.8, 4) is 5.75 Å². The van der Waals surface area contributed by atoms with E-state index >= 15 is 0 Å². The number of hydrogen-bond donors (Lipinski definition) is 1. The van der Waals surface area contributed by atoms with E-state index in [2.05, 4.69) is 5.10 Å². The highest BCUT2D eigenvalue weighted by molar-refractivity contribution is 5.99. The molecule has 1 aromatic heterocycles. The number of benzene rings is 2. The molecule has 0 amide bonds. The normalized spacial score (nSPS) is 11.1. The van der Waals surface area contributed by atoms with Crippen LogP contribution < -0.4 is 5.56 Å². The van der Waals surface area contributed by atoms with E-state index in [-0.39, 0.29) is 6.61 Å². The summed E-state index contributed by atoms with van der Waals surface area (Å²) in [6.45, 7) is 1.72. The van der Waals surface area contributed by atoms with Crippen molar-refractivity contribution in [2.45, 2.75) is 6.92 Å². The Balaban J connectivity index is 2.25. The van der Waals surface area contributed by atoms with Gasteiger partial charge in [0.05, 0.1) is 18.3 Å². The Kier molecular flexibility index (Phi) is 4.61. The highest BCUT2D eigenvalue weighted by atomic mass is 16.5. The lowest BCUT2D eigenvalue weighted by Crippen LogP contribution is -2.26. The van der Waals surface area contributed by atoms with Crippen LogP contribution in [0.3, 0.4) is 0 Å². The van der Waals surface area contributed by atoms with Crippen LogP contribution >= 0.6 is 0 Å². The molecule has 0 saturated carbocycles. The predicted octanol–water partition coefficient (Wildman–Crippen LogP) is 2.77. The number of aromatic hydroxyl groups is 1. The van der Waals surface area contributed by atoms with Gasteiger partial charge in [0.2, 0.25) is 0 Å². The zero-order chi connectivity index (χ0) is 17.8. The molecule has 126 valence electrons. The Morgan fingerprint density at radius 3 is 2.56 bits per heavy atom. The molecule has 3 aromatic rings. The second-order valence-corrected chi connectivity index (χ2v) is 5.23. The van der Waals surface area contributed by atoms with E-state index in [4.69, 9.17) is 4.74 Å². The van der Waals surface area contributed by atoms with E-state index in [0.717, 1.165) is 10.2 Å². The molecule has 0 unspecified atom stereocenters. The minimum Gasteiger partial charge on any atom is -0.506 e. The van der Waals surface area contributed by atoms with Crippen molar-refractivity contribution in [1.29, 1.82) is 0 Å². The Hall–Kier alpha value is -3.41. The number of carbonyl (C=O) groups excluding carboxylic acids is 1. The van der Waals surface area contributed by atoms with Crippen LogP contribution in [-0.2, 0) is 4.74 Å². The molecule has 0 atom stereocenters. The van der Waals surface area contributed by atoms with Crippen molar-refractivity contribution >= 4 is 23.1 Å². The molecule has 0 aliphatic heterocycles. The number of para-hydroxylation sites is 1. The van der Waals surface area contributed by atoms with Crippen LogP contribution in [0.2, 0.25) is 0 Å². The fourth-order valence-electron chi connectivity index (χ4n) is 2.48. The van der Waals surface area contributed by atoms with Crippen LogP contribution in [0, 0.1) is 0 Å². The number of aromatic nitrogens is 1. The zero-order valence-corrected chi connectivity index (χ0v) is 13.5. The molecule has 0 radical (unpaired) electrons. The van der Waals surface area contributed by atoms with E-state index in [1.807, 2.05) is 30.3 Å². The molecule has 0 aliphatic carbocycles. The summed E-state index contributed by atoms with van der Waals surface area (Å²) in [4.78, 5) is 24.8. The van der Waals surface area contributed by atoms with E-state index < -0.39 is 22.8 Å². The van der Waals surface area contributed by atoms with Gasteiger partial charge >= 0.3 is 5.97 Å². The van der Waals surface area contributed by atoms with Gasteiger partial charge in [-0.2, -0.15) is 9.78 Å². The molecule has 1 heterocycles. The van der Waals surface area contributed by atoms with Gasteiger partial charge in [0, 0.05) is 5.39 Å². The molecule has 6 heteroatoms. The monoisotopic (exact) mass is 336 g/mol. The number of fused-ring (bicyclic) bond motifs is 1. The van der Waals surface area contributed by atoms with Crippen LogP contribution in [-0.4, -0.2) is 28.6 Å². The van der Waals surface area contributed by atoms with Gasteiger partial charge < -0.3 is 9.84 Å². The van der Waals surface area contributed by atoms with E-state index in [0.29, 0.717) is 10.9 Å². The van der Waals surface area contributed by atoms with Crippen molar-refractivity contribution in [3.05, 3.63) is 76.1 Å². The molecule has 2 aromatic carbocycles. The summed E-state index contributed by atoms with van der Waals surface area (Å²) in [5.74, 6) is -1.27. The van der Waals surface area contributed by atoms with Gasteiger partial charge in [0.15, 0.2) is 5.56 Å². The average molecular weight is 336 g/mol. The second-order valence-electron chi connectivity index (χ2n) is 5.23. The van der Waals surface area contributed by atoms with Crippen molar-refractivity contribution in [2.75, 3.05) is 6.61 Å². The summed E-state index contributed by atoms with van der Waals surface area (Å²) in [5, 5.41) is 14.9. The number of rotatable bonds is 4. The standard InChI is InChI=1S/C19H16N2O4/c1-2-25-19(24)16-17(22)14-10-6-7-11-15(14)21(18(16)23)20-12-13-8-4-3-5-9-13/h3-12,22H,2H2,1H3/b20-12+. The number of carbonyl (C=O) groups is 1. The maximum atomic E-state index is 12.7. The van der Waals surface area contributed by atoms with Crippen LogP contribution in [0.5, 0.6) is 5.75 Å². The highest BCUT2D eigenvalue weighted by Gasteiger charge is 2.23. The lowest BCUT2D eigenvalue weighted by molar-refractivity contribution is 0.0520. The molecule has 0 spiro atoms. The van der Waals surface area contributed by atoms with Crippen molar-refractivity contribution in [2.24, 2.45) is 5.10 Å². The first kappa shape index (κ1) is 16.4. The third-order valence-electron chi connectivity index (χ3n) is 3.63. The number of nitrogens with zero attached hydrogens (tertiary/aromatic N) is 2. The molecule has 0 saturated heterocycles. The summed E-state index contributed by atoms with van der Waals surface area (Å²) in [5.41, 5.74) is 0.0297. The van der Waals surface area contributed by atoms with Crippen LogP contribution in [0.1, 0.15) is 22.8 Å². The minimum absolute atomic E-state index is 0.0951. The third kappa shape index (κ3) is 3.14. The van der Waals surface area contributed by atoms with Crippen molar-refractivity contribution in [3.63, 3.8) is 0 Å². The fraction of sp³-hybridized carbons (Fsp3) is 0.105. The first-order valence-corrected chi connectivity index (χ1v) is 7.76. The molecule has 0 fully saturated rings. The third-order valence-corrected chi connectivity index (χ3v) is 3.63. The van der Waals surface area contributed by atoms with E-state index in [9.17, 15) is 14.7 Å². The van der Waals surface area contributed by atoms with Gasteiger partial charge in [-0.1, -0.05) is 42.5 Å². The summed E-state index contributed by atoms with van der Waals surface area (Å²) in [6, 6.07) is 15.9. The van der Waals surface area contributed by atoms with Gasteiger partial charge in [-0.25, -0.2) is 4.79 Å². The molecule has 25 heavy (non-hydrogen) atoms.